The molecule has 6 nitrogen and oxygen atoms in total. The Morgan fingerprint density at radius 3 is 2.64 bits per heavy atom. The van der Waals surface area contributed by atoms with Crippen molar-refractivity contribution in [1.29, 1.82) is 0 Å². The fourth-order valence-electron chi connectivity index (χ4n) is 1.80. The number of aromatic nitrogens is 1. The summed E-state index contributed by atoms with van der Waals surface area (Å²) in [5.41, 5.74) is 1.02. The lowest BCUT2D eigenvalue weighted by Crippen LogP contribution is -2.31. The molecule has 0 spiro atoms. The van der Waals surface area contributed by atoms with E-state index in [4.69, 9.17) is 0 Å². The first-order valence-corrected chi connectivity index (χ1v) is 7.88. The fourth-order valence-corrected chi connectivity index (χ4v) is 2.57. The van der Waals surface area contributed by atoms with E-state index >= 15 is 0 Å². The van der Waals surface area contributed by atoms with Gasteiger partial charge in [0, 0.05) is 31.0 Å². The van der Waals surface area contributed by atoms with Crippen molar-refractivity contribution in [2.45, 2.75) is 6.92 Å². The highest BCUT2D eigenvalue weighted by atomic mass is 32.1. The fraction of sp³-hybridized carbons (Fsp3) is 0.267. The third-order valence-electron chi connectivity index (χ3n) is 2.90. The Labute approximate surface area is 133 Å². The zero-order valence-electron chi connectivity index (χ0n) is 12.3. The molecule has 0 saturated carbocycles. The Kier molecular flexibility index (Phi) is 6.05. The molecular formula is C15H18N4O2S. The Hall–Kier alpha value is -2.25. The molecule has 22 heavy (non-hydrogen) atoms. The van der Waals surface area contributed by atoms with Crippen LogP contribution in [0.15, 0.2) is 36.0 Å². The van der Waals surface area contributed by atoms with E-state index in [0.717, 1.165) is 6.54 Å². The Morgan fingerprint density at radius 2 is 1.91 bits per heavy atom. The van der Waals surface area contributed by atoms with Crippen LogP contribution in [0.4, 0.5) is 5.69 Å². The molecule has 0 aliphatic rings. The van der Waals surface area contributed by atoms with Gasteiger partial charge < -0.3 is 16.0 Å². The van der Waals surface area contributed by atoms with E-state index in [2.05, 4.69) is 20.9 Å². The van der Waals surface area contributed by atoms with E-state index in [1.54, 1.807) is 36.0 Å². The van der Waals surface area contributed by atoms with Crippen molar-refractivity contribution < 1.29 is 9.59 Å². The van der Waals surface area contributed by atoms with Crippen LogP contribution in [-0.2, 0) is 0 Å². The predicted octanol–water partition coefficient (Wildman–Crippen LogP) is 1.73. The predicted molar refractivity (Wildman–Crippen MR) is 87.4 cm³/mol. The van der Waals surface area contributed by atoms with Crippen molar-refractivity contribution in [2.75, 3.05) is 25.0 Å². The standard InChI is InChI=1S/C15H18N4O2S/c1-2-16-8-9-18-15(21)13-12(5-10-22-13)19-14(20)11-3-6-17-7-4-11/h3-7,10,16H,2,8-9H2,1H3,(H,18,21)(H,19,20). The van der Waals surface area contributed by atoms with Gasteiger partial charge in [0.2, 0.25) is 0 Å². The third kappa shape index (κ3) is 4.37. The maximum atomic E-state index is 12.1. The lowest BCUT2D eigenvalue weighted by atomic mass is 10.2. The number of hydrogen-bond acceptors (Lipinski definition) is 5. The minimum Gasteiger partial charge on any atom is -0.350 e. The van der Waals surface area contributed by atoms with Crippen molar-refractivity contribution in [3.8, 4) is 0 Å². The SMILES string of the molecule is CCNCCNC(=O)c1sccc1NC(=O)c1ccncc1. The average Bonchev–Trinajstić information content (AvgIpc) is 3.00. The van der Waals surface area contributed by atoms with Gasteiger partial charge in [0.15, 0.2) is 0 Å². The summed E-state index contributed by atoms with van der Waals surface area (Å²) in [5.74, 6) is -0.444. The zero-order valence-corrected chi connectivity index (χ0v) is 13.1. The zero-order chi connectivity index (χ0) is 15.8. The van der Waals surface area contributed by atoms with Gasteiger partial charge >= 0.3 is 0 Å². The quantitative estimate of drug-likeness (QED) is 0.679. The Balaban J connectivity index is 1.97. The number of thiophene rings is 1. The van der Waals surface area contributed by atoms with Gasteiger partial charge in [-0.15, -0.1) is 11.3 Å². The maximum Gasteiger partial charge on any atom is 0.263 e. The van der Waals surface area contributed by atoms with Gasteiger partial charge in [-0.25, -0.2) is 0 Å². The number of nitrogens with one attached hydrogen (secondary N) is 3. The number of likely N-dealkylation sites (N-methyl/N-ethyl adjacent to an activating group) is 1. The van der Waals surface area contributed by atoms with Crippen LogP contribution in [0.25, 0.3) is 0 Å². The Morgan fingerprint density at radius 1 is 1.14 bits per heavy atom. The molecule has 2 aromatic rings. The minimum absolute atomic E-state index is 0.182. The number of nitrogens with zero attached hydrogens (tertiary/aromatic N) is 1. The number of carbonyl (C=O) groups excluding carboxylic acids is 2. The van der Waals surface area contributed by atoms with Crippen molar-refractivity contribution in [1.82, 2.24) is 15.6 Å². The second-order valence-corrected chi connectivity index (χ2v) is 5.38. The van der Waals surface area contributed by atoms with Gasteiger partial charge in [0.25, 0.3) is 11.8 Å². The lowest BCUT2D eigenvalue weighted by molar-refractivity contribution is 0.0959. The molecule has 0 radical (unpaired) electrons. The lowest BCUT2D eigenvalue weighted by Gasteiger charge is -2.08. The Bertz CT molecular complexity index is 627. The molecule has 0 aromatic carbocycles. The first kappa shape index (κ1) is 16.1. The first-order chi connectivity index (χ1) is 10.7. The molecule has 0 atom stereocenters. The van der Waals surface area contributed by atoms with Crippen LogP contribution in [-0.4, -0.2) is 36.4 Å². The number of pyridine rings is 1. The topological polar surface area (TPSA) is 83.1 Å². The first-order valence-electron chi connectivity index (χ1n) is 7.00. The minimum atomic E-state index is -0.262. The van der Waals surface area contributed by atoms with Gasteiger partial charge in [0.1, 0.15) is 4.88 Å². The molecule has 0 fully saturated rings. The molecule has 0 aliphatic carbocycles. The summed E-state index contributed by atoms with van der Waals surface area (Å²) in [7, 11) is 0. The summed E-state index contributed by atoms with van der Waals surface area (Å²) in [6, 6.07) is 4.97. The molecular weight excluding hydrogens is 300 g/mol. The molecule has 116 valence electrons. The van der Waals surface area contributed by atoms with Crippen LogP contribution in [0.5, 0.6) is 0 Å². The highest BCUT2D eigenvalue weighted by Gasteiger charge is 2.15. The second-order valence-electron chi connectivity index (χ2n) is 4.46. The van der Waals surface area contributed by atoms with E-state index in [1.165, 1.54) is 11.3 Å². The monoisotopic (exact) mass is 318 g/mol. The van der Waals surface area contributed by atoms with E-state index in [9.17, 15) is 9.59 Å². The molecule has 0 aliphatic heterocycles. The summed E-state index contributed by atoms with van der Waals surface area (Å²) in [6.07, 6.45) is 3.10. The van der Waals surface area contributed by atoms with Gasteiger partial charge in [-0.2, -0.15) is 0 Å². The smallest absolute Gasteiger partial charge is 0.263 e. The van der Waals surface area contributed by atoms with Crippen LogP contribution in [0, 0.1) is 0 Å². The molecule has 2 aromatic heterocycles. The van der Waals surface area contributed by atoms with E-state index in [-0.39, 0.29) is 11.8 Å². The normalized spacial score (nSPS) is 10.2. The highest BCUT2D eigenvalue weighted by Crippen LogP contribution is 2.22. The van der Waals surface area contributed by atoms with Crippen LogP contribution in [0.3, 0.4) is 0 Å². The van der Waals surface area contributed by atoms with Gasteiger partial charge in [-0.05, 0) is 30.1 Å². The highest BCUT2D eigenvalue weighted by molar-refractivity contribution is 7.12. The number of hydrogen-bond donors (Lipinski definition) is 3. The van der Waals surface area contributed by atoms with Crippen molar-refractivity contribution in [3.63, 3.8) is 0 Å². The van der Waals surface area contributed by atoms with Gasteiger partial charge in [-0.3, -0.25) is 14.6 Å². The number of amides is 2. The number of carbonyl (C=O) groups is 2. The van der Waals surface area contributed by atoms with Crippen molar-refractivity contribution in [3.05, 3.63) is 46.4 Å². The summed E-state index contributed by atoms with van der Waals surface area (Å²) >= 11 is 1.30. The van der Waals surface area contributed by atoms with E-state index in [0.29, 0.717) is 29.2 Å². The molecule has 7 heteroatoms. The van der Waals surface area contributed by atoms with E-state index in [1.807, 2.05) is 6.92 Å². The van der Waals surface area contributed by atoms with Crippen LogP contribution in [0.1, 0.15) is 27.0 Å². The second kappa shape index (κ2) is 8.26. The summed E-state index contributed by atoms with van der Waals surface area (Å²) < 4.78 is 0. The maximum absolute atomic E-state index is 12.1. The molecule has 0 bridgehead atoms. The van der Waals surface area contributed by atoms with Crippen molar-refractivity contribution >= 4 is 28.8 Å². The molecule has 3 N–H and O–H groups in total. The van der Waals surface area contributed by atoms with E-state index < -0.39 is 0 Å². The summed E-state index contributed by atoms with van der Waals surface area (Å²) in [6.45, 7) is 4.13. The average molecular weight is 318 g/mol. The van der Waals surface area contributed by atoms with Crippen LogP contribution in [0.2, 0.25) is 0 Å². The molecule has 2 amide bonds. The molecule has 0 saturated heterocycles. The number of anilines is 1. The third-order valence-corrected chi connectivity index (χ3v) is 3.81. The molecule has 2 heterocycles. The van der Waals surface area contributed by atoms with Gasteiger partial charge in [0.05, 0.1) is 5.69 Å². The van der Waals surface area contributed by atoms with Crippen LogP contribution < -0.4 is 16.0 Å². The van der Waals surface area contributed by atoms with Gasteiger partial charge in [-0.1, -0.05) is 6.92 Å². The molecule has 0 unspecified atom stereocenters. The summed E-state index contributed by atoms with van der Waals surface area (Å²) in [4.78, 5) is 28.6. The molecule has 2 rings (SSSR count). The van der Waals surface area contributed by atoms with Crippen molar-refractivity contribution in [2.24, 2.45) is 0 Å². The largest absolute Gasteiger partial charge is 0.350 e. The summed E-state index contributed by atoms with van der Waals surface area (Å²) in [5, 5.41) is 10.5. The number of rotatable bonds is 7. The van der Waals surface area contributed by atoms with Crippen LogP contribution >= 0.6 is 11.3 Å².